The van der Waals surface area contributed by atoms with E-state index in [9.17, 15) is 0 Å². The average molecular weight is 152 g/mol. The molecule has 0 amide bonds. The van der Waals surface area contributed by atoms with E-state index < -0.39 is 0 Å². The lowest BCUT2D eigenvalue weighted by atomic mass is 10.1. The number of hydrogen-bond donors (Lipinski definition) is 1. The van der Waals surface area contributed by atoms with Gasteiger partial charge in [0.05, 0.1) is 6.10 Å². The van der Waals surface area contributed by atoms with E-state index in [0.29, 0.717) is 12.1 Å². The SMILES string of the molecule is C[C@H]1C[C@@H](N)CCO1.Cl. The van der Waals surface area contributed by atoms with Crippen LogP contribution in [-0.2, 0) is 4.74 Å². The van der Waals surface area contributed by atoms with Gasteiger partial charge in [-0.1, -0.05) is 0 Å². The van der Waals surface area contributed by atoms with Crippen LogP contribution in [-0.4, -0.2) is 18.8 Å². The summed E-state index contributed by atoms with van der Waals surface area (Å²) in [7, 11) is 0. The summed E-state index contributed by atoms with van der Waals surface area (Å²) in [6, 6.07) is 0.388. The molecule has 1 saturated heterocycles. The highest BCUT2D eigenvalue weighted by molar-refractivity contribution is 5.85. The van der Waals surface area contributed by atoms with Crippen molar-refractivity contribution in [3.8, 4) is 0 Å². The Morgan fingerprint density at radius 1 is 1.56 bits per heavy atom. The van der Waals surface area contributed by atoms with E-state index >= 15 is 0 Å². The summed E-state index contributed by atoms with van der Waals surface area (Å²) in [4.78, 5) is 0. The first kappa shape index (κ1) is 9.21. The van der Waals surface area contributed by atoms with Crippen LogP contribution in [0.15, 0.2) is 0 Å². The molecule has 1 rings (SSSR count). The summed E-state index contributed by atoms with van der Waals surface area (Å²) in [6.07, 6.45) is 2.45. The lowest BCUT2D eigenvalue weighted by Gasteiger charge is -2.23. The molecule has 0 aromatic rings. The second-order valence-electron chi connectivity index (χ2n) is 2.47. The summed E-state index contributed by atoms with van der Waals surface area (Å²) in [5, 5.41) is 0. The van der Waals surface area contributed by atoms with Crippen molar-refractivity contribution in [1.82, 2.24) is 0 Å². The fourth-order valence-corrected chi connectivity index (χ4v) is 1.03. The van der Waals surface area contributed by atoms with E-state index in [1.807, 2.05) is 0 Å². The third kappa shape index (κ3) is 3.04. The van der Waals surface area contributed by atoms with E-state index in [-0.39, 0.29) is 12.4 Å². The first-order valence-corrected chi connectivity index (χ1v) is 3.16. The molecule has 0 aromatic carbocycles. The second kappa shape index (κ2) is 4.09. The van der Waals surface area contributed by atoms with Crippen LogP contribution < -0.4 is 5.73 Å². The molecule has 1 fully saturated rings. The van der Waals surface area contributed by atoms with Crippen molar-refractivity contribution < 1.29 is 4.74 Å². The topological polar surface area (TPSA) is 35.2 Å². The van der Waals surface area contributed by atoms with Gasteiger partial charge in [0.15, 0.2) is 0 Å². The molecule has 0 spiro atoms. The number of ether oxygens (including phenoxy) is 1. The van der Waals surface area contributed by atoms with Gasteiger partial charge in [-0.3, -0.25) is 0 Å². The lowest BCUT2D eigenvalue weighted by Crippen LogP contribution is -2.32. The summed E-state index contributed by atoms with van der Waals surface area (Å²) in [5.41, 5.74) is 5.65. The Kier molecular flexibility index (Phi) is 4.19. The predicted octanol–water partition coefficient (Wildman–Crippen LogP) is 0.934. The zero-order chi connectivity index (χ0) is 5.98. The number of halogens is 1. The molecule has 2 nitrogen and oxygen atoms in total. The first-order valence-electron chi connectivity index (χ1n) is 3.16. The first-order chi connectivity index (χ1) is 3.79. The Labute approximate surface area is 62.2 Å². The van der Waals surface area contributed by atoms with Crippen LogP contribution in [0.3, 0.4) is 0 Å². The van der Waals surface area contributed by atoms with Crippen molar-refractivity contribution in [2.24, 2.45) is 5.73 Å². The average Bonchev–Trinajstić information content (AvgIpc) is 1.64. The smallest absolute Gasteiger partial charge is 0.0561 e. The molecule has 0 aliphatic carbocycles. The van der Waals surface area contributed by atoms with Gasteiger partial charge in [-0.15, -0.1) is 12.4 Å². The number of nitrogens with two attached hydrogens (primary N) is 1. The van der Waals surface area contributed by atoms with Gasteiger partial charge in [-0.05, 0) is 19.8 Å². The maximum absolute atomic E-state index is 5.65. The normalized spacial score (nSPS) is 35.3. The molecule has 3 heteroatoms. The number of hydrogen-bond acceptors (Lipinski definition) is 2. The van der Waals surface area contributed by atoms with Crippen LogP contribution in [0.1, 0.15) is 19.8 Å². The third-order valence-corrected chi connectivity index (χ3v) is 1.53. The molecule has 1 aliphatic heterocycles. The Morgan fingerprint density at radius 3 is 2.56 bits per heavy atom. The number of rotatable bonds is 0. The molecule has 2 N–H and O–H groups in total. The van der Waals surface area contributed by atoms with Crippen LogP contribution >= 0.6 is 12.4 Å². The van der Waals surface area contributed by atoms with Gasteiger partial charge >= 0.3 is 0 Å². The van der Waals surface area contributed by atoms with Crippen molar-refractivity contribution in [1.29, 1.82) is 0 Å². The van der Waals surface area contributed by atoms with E-state index in [2.05, 4.69) is 6.92 Å². The Hall–Kier alpha value is 0.210. The molecule has 1 heterocycles. The zero-order valence-corrected chi connectivity index (χ0v) is 6.49. The molecule has 56 valence electrons. The van der Waals surface area contributed by atoms with Gasteiger partial charge in [0.1, 0.15) is 0 Å². The Balaban J connectivity index is 0.000000640. The molecule has 0 unspecified atom stereocenters. The van der Waals surface area contributed by atoms with Gasteiger partial charge in [-0.25, -0.2) is 0 Å². The maximum Gasteiger partial charge on any atom is 0.0561 e. The van der Waals surface area contributed by atoms with Gasteiger partial charge in [0.25, 0.3) is 0 Å². The molecule has 1 aliphatic rings. The lowest BCUT2D eigenvalue weighted by molar-refractivity contribution is 0.0200. The fraction of sp³-hybridized carbons (Fsp3) is 1.00. The van der Waals surface area contributed by atoms with Crippen molar-refractivity contribution in [3.05, 3.63) is 0 Å². The summed E-state index contributed by atoms with van der Waals surface area (Å²) >= 11 is 0. The highest BCUT2D eigenvalue weighted by atomic mass is 35.5. The van der Waals surface area contributed by atoms with E-state index in [1.165, 1.54) is 0 Å². The van der Waals surface area contributed by atoms with E-state index in [1.54, 1.807) is 0 Å². The second-order valence-corrected chi connectivity index (χ2v) is 2.47. The standard InChI is InChI=1S/C6H13NO.ClH/c1-5-4-6(7)2-3-8-5;/h5-6H,2-4,7H2,1H3;1H/t5-,6-;/m0./s1. The summed E-state index contributed by atoms with van der Waals surface area (Å²) < 4.78 is 5.27. The predicted molar refractivity (Wildman–Crippen MR) is 39.9 cm³/mol. The molecular weight excluding hydrogens is 138 g/mol. The molecule has 0 bridgehead atoms. The molecule has 0 saturated carbocycles. The Bertz CT molecular complexity index is 71.5. The van der Waals surface area contributed by atoms with Gasteiger partial charge < -0.3 is 10.5 Å². The fourth-order valence-electron chi connectivity index (χ4n) is 1.03. The monoisotopic (exact) mass is 151 g/mol. The highest BCUT2D eigenvalue weighted by Gasteiger charge is 2.14. The molecule has 0 radical (unpaired) electrons. The molecule has 0 aromatic heterocycles. The molecule has 9 heavy (non-hydrogen) atoms. The third-order valence-electron chi connectivity index (χ3n) is 1.53. The minimum absolute atomic E-state index is 0. The summed E-state index contributed by atoms with van der Waals surface area (Å²) in [5.74, 6) is 0. The van der Waals surface area contributed by atoms with Crippen LogP contribution in [0.2, 0.25) is 0 Å². The van der Waals surface area contributed by atoms with Crippen LogP contribution in [0.25, 0.3) is 0 Å². The van der Waals surface area contributed by atoms with Crippen LogP contribution in [0.5, 0.6) is 0 Å². The van der Waals surface area contributed by atoms with Crippen molar-refractivity contribution in [2.75, 3.05) is 6.61 Å². The minimum Gasteiger partial charge on any atom is -0.378 e. The molecular formula is C6H14ClNO. The Morgan fingerprint density at radius 2 is 2.22 bits per heavy atom. The van der Waals surface area contributed by atoms with E-state index in [0.717, 1.165) is 19.4 Å². The van der Waals surface area contributed by atoms with Gasteiger partial charge in [0, 0.05) is 12.6 Å². The van der Waals surface area contributed by atoms with Gasteiger partial charge in [-0.2, -0.15) is 0 Å². The zero-order valence-electron chi connectivity index (χ0n) is 5.67. The highest BCUT2D eigenvalue weighted by Crippen LogP contribution is 2.10. The molecule has 2 atom stereocenters. The van der Waals surface area contributed by atoms with Crippen molar-refractivity contribution >= 4 is 12.4 Å². The largest absolute Gasteiger partial charge is 0.378 e. The van der Waals surface area contributed by atoms with Crippen LogP contribution in [0, 0.1) is 0 Å². The maximum atomic E-state index is 5.65. The van der Waals surface area contributed by atoms with Crippen LogP contribution in [0.4, 0.5) is 0 Å². The van der Waals surface area contributed by atoms with E-state index in [4.69, 9.17) is 10.5 Å². The van der Waals surface area contributed by atoms with Gasteiger partial charge in [0.2, 0.25) is 0 Å². The summed E-state index contributed by atoms with van der Waals surface area (Å²) in [6.45, 7) is 2.92. The quantitative estimate of drug-likeness (QED) is 0.559. The van der Waals surface area contributed by atoms with Crippen molar-refractivity contribution in [3.63, 3.8) is 0 Å². The minimum atomic E-state index is 0. The van der Waals surface area contributed by atoms with Crippen molar-refractivity contribution in [2.45, 2.75) is 31.9 Å².